The van der Waals surface area contributed by atoms with Gasteiger partial charge in [-0.1, -0.05) is 12.8 Å². The minimum absolute atomic E-state index is 0.123. The van der Waals surface area contributed by atoms with Crippen molar-refractivity contribution in [1.82, 2.24) is 10.2 Å². The molecule has 0 aromatic heterocycles. The lowest BCUT2D eigenvalue weighted by Crippen LogP contribution is -2.52. The first-order valence-corrected chi connectivity index (χ1v) is 8.21. The van der Waals surface area contributed by atoms with Crippen LogP contribution in [0.15, 0.2) is 0 Å². The van der Waals surface area contributed by atoms with E-state index in [1.54, 1.807) is 0 Å². The van der Waals surface area contributed by atoms with Crippen molar-refractivity contribution in [2.75, 3.05) is 19.7 Å². The average Bonchev–Trinajstić information content (AvgIpc) is 3.04. The number of carbonyl (C=O) groups excluding carboxylic acids is 1. The van der Waals surface area contributed by atoms with Crippen molar-refractivity contribution in [2.24, 2.45) is 0 Å². The number of amides is 1. The number of ether oxygens (including phenoxy) is 1. The number of hydrogen-bond donors (Lipinski definition) is 2. The first-order chi connectivity index (χ1) is 9.85. The summed E-state index contributed by atoms with van der Waals surface area (Å²) in [5.41, 5.74) is -0.572. The molecule has 0 bridgehead atoms. The quantitative estimate of drug-likeness (QED) is 0.836. The maximum Gasteiger partial charge on any atom is 0.410 e. The van der Waals surface area contributed by atoms with E-state index in [0.717, 1.165) is 38.8 Å². The van der Waals surface area contributed by atoms with E-state index in [4.69, 9.17) is 4.74 Å². The molecule has 1 unspecified atom stereocenters. The molecule has 0 aromatic carbocycles. The van der Waals surface area contributed by atoms with Gasteiger partial charge in [0.05, 0.1) is 6.61 Å². The summed E-state index contributed by atoms with van der Waals surface area (Å²) >= 11 is 0. The Morgan fingerprint density at radius 2 is 2.00 bits per heavy atom. The van der Waals surface area contributed by atoms with Crippen LogP contribution in [0, 0.1) is 0 Å². The fourth-order valence-corrected chi connectivity index (χ4v) is 3.39. The molecule has 5 heteroatoms. The Labute approximate surface area is 128 Å². The largest absolute Gasteiger partial charge is 0.444 e. The summed E-state index contributed by atoms with van der Waals surface area (Å²) in [6, 6.07) is 0.184. The smallest absolute Gasteiger partial charge is 0.410 e. The second kappa shape index (κ2) is 6.53. The van der Waals surface area contributed by atoms with E-state index in [9.17, 15) is 9.90 Å². The topological polar surface area (TPSA) is 61.8 Å². The van der Waals surface area contributed by atoms with Crippen molar-refractivity contribution in [3.05, 3.63) is 0 Å². The molecule has 0 radical (unpaired) electrons. The second-order valence-corrected chi connectivity index (χ2v) is 7.50. The number of aliphatic hydroxyl groups excluding tert-OH is 1. The van der Waals surface area contributed by atoms with E-state index in [1.165, 1.54) is 12.8 Å². The number of nitrogens with one attached hydrogen (secondary N) is 1. The molecule has 122 valence electrons. The lowest BCUT2D eigenvalue weighted by atomic mass is 9.98. The lowest BCUT2D eigenvalue weighted by molar-refractivity contribution is 0.0216. The third kappa shape index (κ3) is 4.33. The van der Waals surface area contributed by atoms with Gasteiger partial charge in [0.1, 0.15) is 5.60 Å². The number of rotatable bonds is 4. The Morgan fingerprint density at radius 1 is 1.33 bits per heavy atom. The van der Waals surface area contributed by atoms with Crippen molar-refractivity contribution < 1.29 is 14.6 Å². The number of nitrogens with zero attached hydrogens (tertiary/aromatic N) is 1. The summed E-state index contributed by atoms with van der Waals surface area (Å²) in [7, 11) is 0. The van der Waals surface area contributed by atoms with Crippen LogP contribution in [0.4, 0.5) is 4.79 Å². The van der Waals surface area contributed by atoms with Gasteiger partial charge in [0.2, 0.25) is 0 Å². The molecule has 1 amide bonds. The van der Waals surface area contributed by atoms with Gasteiger partial charge in [-0.05, 0) is 46.5 Å². The zero-order valence-corrected chi connectivity index (χ0v) is 13.7. The average molecular weight is 298 g/mol. The lowest BCUT2D eigenvalue weighted by Gasteiger charge is -2.33. The summed E-state index contributed by atoms with van der Waals surface area (Å²) in [6.45, 7) is 7.40. The van der Waals surface area contributed by atoms with Crippen molar-refractivity contribution >= 4 is 6.09 Å². The van der Waals surface area contributed by atoms with Crippen LogP contribution in [0.1, 0.15) is 59.3 Å². The minimum Gasteiger partial charge on any atom is -0.444 e. The Balaban J connectivity index is 1.88. The summed E-state index contributed by atoms with van der Waals surface area (Å²) in [5.74, 6) is 0. The monoisotopic (exact) mass is 298 g/mol. The molecule has 1 aliphatic heterocycles. The van der Waals surface area contributed by atoms with E-state index >= 15 is 0 Å². The predicted octanol–water partition coefficient (Wildman–Crippen LogP) is 2.28. The van der Waals surface area contributed by atoms with Crippen LogP contribution in [0.5, 0.6) is 0 Å². The fourth-order valence-electron chi connectivity index (χ4n) is 3.39. The van der Waals surface area contributed by atoms with Gasteiger partial charge in [-0.2, -0.15) is 0 Å². The van der Waals surface area contributed by atoms with Gasteiger partial charge in [0, 0.05) is 24.7 Å². The molecule has 1 heterocycles. The Hall–Kier alpha value is -0.810. The van der Waals surface area contributed by atoms with Gasteiger partial charge in [-0.15, -0.1) is 0 Å². The van der Waals surface area contributed by atoms with Crippen molar-refractivity contribution in [3.63, 3.8) is 0 Å². The molecule has 21 heavy (non-hydrogen) atoms. The van der Waals surface area contributed by atoms with Crippen molar-refractivity contribution in [3.8, 4) is 0 Å². The molecular weight excluding hydrogens is 268 g/mol. The molecule has 2 N–H and O–H groups in total. The normalized spacial score (nSPS) is 25.3. The molecular formula is C16H30N2O3. The molecule has 2 fully saturated rings. The number of hydrogen-bond acceptors (Lipinski definition) is 4. The Bertz CT molecular complexity index is 359. The van der Waals surface area contributed by atoms with Crippen LogP contribution in [0.2, 0.25) is 0 Å². The molecule has 2 aliphatic rings. The highest BCUT2D eigenvalue weighted by Crippen LogP contribution is 2.30. The molecule has 1 atom stereocenters. The minimum atomic E-state index is -0.449. The maximum atomic E-state index is 12.2. The van der Waals surface area contributed by atoms with Crippen LogP contribution < -0.4 is 5.32 Å². The SMILES string of the molecule is CC(C)(C)OC(=O)N1CCCC1CNC1(CO)CCCC1. The molecule has 2 rings (SSSR count). The molecule has 5 nitrogen and oxygen atoms in total. The van der Waals surface area contributed by atoms with Gasteiger partial charge in [-0.25, -0.2) is 4.79 Å². The summed E-state index contributed by atoms with van der Waals surface area (Å²) in [6.07, 6.45) is 6.23. The van der Waals surface area contributed by atoms with Crippen LogP contribution in [-0.2, 0) is 4.74 Å². The summed E-state index contributed by atoms with van der Waals surface area (Å²) in [5, 5.41) is 13.2. The van der Waals surface area contributed by atoms with E-state index < -0.39 is 5.60 Å². The summed E-state index contributed by atoms with van der Waals surface area (Å²) in [4.78, 5) is 14.1. The summed E-state index contributed by atoms with van der Waals surface area (Å²) < 4.78 is 5.48. The van der Waals surface area contributed by atoms with Crippen LogP contribution in [0.25, 0.3) is 0 Å². The van der Waals surface area contributed by atoms with Gasteiger partial charge in [-0.3, -0.25) is 0 Å². The van der Waals surface area contributed by atoms with E-state index in [2.05, 4.69) is 5.32 Å². The van der Waals surface area contributed by atoms with Crippen molar-refractivity contribution in [2.45, 2.75) is 76.5 Å². The number of carbonyl (C=O) groups is 1. The van der Waals surface area contributed by atoms with Crippen LogP contribution in [0.3, 0.4) is 0 Å². The van der Waals surface area contributed by atoms with Crippen LogP contribution >= 0.6 is 0 Å². The van der Waals surface area contributed by atoms with Crippen LogP contribution in [-0.4, -0.2) is 53.0 Å². The van der Waals surface area contributed by atoms with Gasteiger partial charge in [0.15, 0.2) is 0 Å². The highest BCUT2D eigenvalue weighted by atomic mass is 16.6. The van der Waals surface area contributed by atoms with Crippen molar-refractivity contribution in [1.29, 1.82) is 0 Å². The first kappa shape index (κ1) is 16.6. The Morgan fingerprint density at radius 3 is 2.57 bits per heavy atom. The molecule has 1 saturated heterocycles. The predicted molar refractivity (Wildman–Crippen MR) is 82.2 cm³/mol. The van der Waals surface area contributed by atoms with E-state index in [0.29, 0.717) is 0 Å². The molecule has 1 aliphatic carbocycles. The number of aliphatic hydroxyl groups is 1. The fraction of sp³-hybridized carbons (Fsp3) is 0.938. The molecule has 0 aromatic rings. The highest BCUT2D eigenvalue weighted by molar-refractivity contribution is 5.69. The third-order valence-electron chi connectivity index (χ3n) is 4.58. The van der Waals surface area contributed by atoms with Gasteiger partial charge in [0.25, 0.3) is 0 Å². The van der Waals surface area contributed by atoms with E-state index in [1.807, 2.05) is 25.7 Å². The van der Waals surface area contributed by atoms with E-state index in [-0.39, 0.29) is 24.3 Å². The molecule has 1 saturated carbocycles. The highest BCUT2D eigenvalue weighted by Gasteiger charge is 2.36. The zero-order valence-electron chi connectivity index (χ0n) is 13.7. The number of likely N-dealkylation sites (tertiary alicyclic amines) is 1. The third-order valence-corrected chi connectivity index (χ3v) is 4.58. The van der Waals surface area contributed by atoms with Gasteiger partial charge < -0.3 is 20.1 Å². The maximum absolute atomic E-state index is 12.2. The second-order valence-electron chi connectivity index (χ2n) is 7.50. The van der Waals surface area contributed by atoms with Gasteiger partial charge >= 0.3 is 6.09 Å². The zero-order chi connectivity index (χ0) is 15.5. The standard InChI is InChI=1S/C16H30N2O3/c1-15(2,3)21-14(20)18-10-6-7-13(18)11-17-16(12-19)8-4-5-9-16/h13,17,19H,4-12H2,1-3H3. The Kier molecular flexibility index (Phi) is 5.15. The molecule has 0 spiro atoms. The first-order valence-electron chi connectivity index (χ1n) is 8.21.